The zero-order chi connectivity index (χ0) is 12.5. The summed E-state index contributed by atoms with van der Waals surface area (Å²) in [5.41, 5.74) is 0. The van der Waals surface area contributed by atoms with Gasteiger partial charge in [-0.2, -0.15) is 5.10 Å². The van der Waals surface area contributed by atoms with Crippen LogP contribution in [0.2, 0.25) is 5.28 Å². The number of nitrogens with one attached hydrogen (secondary N) is 2. The molecule has 3 heterocycles. The van der Waals surface area contributed by atoms with E-state index in [0.29, 0.717) is 12.4 Å². The van der Waals surface area contributed by atoms with E-state index in [4.69, 9.17) is 11.6 Å². The maximum absolute atomic E-state index is 5.90. The Morgan fingerprint density at radius 2 is 2.33 bits per heavy atom. The standard InChI is InChI=1S/C10H9ClN6S/c1-5-2-6-8(12-3-7-13-4-14-17-7)15-10(11)16-9(6)18-5/h2,4H,3H2,1H3,(H,12,15,16)(H,13,14,17). The quantitative estimate of drug-likeness (QED) is 0.720. The molecule has 0 aromatic carbocycles. The summed E-state index contributed by atoms with van der Waals surface area (Å²) in [4.78, 5) is 14.5. The number of fused-ring (bicyclic) bond motifs is 1. The van der Waals surface area contributed by atoms with Crippen LogP contribution in [0.5, 0.6) is 0 Å². The Labute approximate surface area is 111 Å². The van der Waals surface area contributed by atoms with Crippen molar-refractivity contribution in [2.75, 3.05) is 5.32 Å². The maximum atomic E-state index is 5.90. The third kappa shape index (κ3) is 2.14. The van der Waals surface area contributed by atoms with Gasteiger partial charge in [-0.15, -0.1) is 11.3 Å². The molecule has 0 spiro atoms. The first-order valence-corrected chi connectivity index (χ1v) is 6.43. The van der Waals surface area contributed by atoms with Gasteiger partial charge in [0, 0.05) is 4.88 Å². The second-order valence-corrected chi connectivity index (χ2v) is 5.28. The van der Waals surface area contributed by atoms with Gasteiger partial charge in [0.05, 0.1) is 11.9 Å². The first-order chi connectivity index (χ1) is 8.72. The van der Waals surface area contributed by atoms with E-state index in [9.17, 15) is 0 Å². The number of rotatable bonds is 3. The average molecular weight is 281 g/mol. The summed E-state index contributed by atoms with van der Waals surface area (Å²) in [7, 11) is 0. The fourth-order valence-electron chi connectivity index (χ4n) is 1.63. The monoisotopic (exact) mass is 280 g/mol. The molecule has 0 amide bonds. The molecule has 0 atom stereocenters. The van der Waals surface area contributed by atoms with Crippen LogP contribution in [0, 0.1) is 6.92 Å². The summed E-state index contributed by atoms with van der Waals surface area (Å²) < 4.78 is 0. The van der Waals surface area contributed by atoms with Gasteiger partial charge in [0.1, 0.15) is 22.8 Å². The molecule has 0 aliphatic heterocycles. The van der Waals surface area contributed by atoms with E-state index in [0.717, 1.165) is 16.0 Å². The fraction of sp³-hybridized carbons (Fsp3) is 0.200. The van der Waals surface area contributed by atoms with Crippen molar-refractivity contribution in [3.05, 3.63) is 28.4 Å². The van der Waals surface area contributed by atoms with E-state index >= 15 is 0 Å². The Kier molecular flexibility index (Phi) is 2.85. The average Bonchev–Trinajstić information content (AvgIpc) is 2.93. The zero-order valence-corrected chi connectivity index (χ0v) is 11.0. The number of nitrogens with zero attached hydrogens (tertiary/aromatic N) is 4. The van der Waals surface area contributed by atoms with Gasteiger partial charge in [0.25, 0.3) is 0 Å². The minimum absolute atomic E-state index is 0.240. The van der Waals surface area contributed by atoms with Crippen LogP contribution in [0.1, 0.15) is 10.7 Å². The van der Waals surface area contributed by atoms with E-state index in [1.54, 1.807) is 11.3 Å². The lowest BCUT2D eigenvalue weighted by molar-refractivity contribution is 0.948. The minimum Gasteiger partial charge on any atom is -0.362 e. The van der Waals surface area contributed by atoms with Crippen molar-refractivity contribution in [3.8, 4) is 0 Å². The highest BCUT2D eigenvalue weighted by molar-refractivity contribution is 7.18. The lowest BCUT2D eigenvalue weighted by atomic mass is 10.3. The first kappa shape index (κ1) is 11.4. The van der Waals surface area contributed by atoms with Crippen LogP contribution in [0.15, 0.2) is 12.4 Å². The third-order valence-electron chi connectivity index (χ3n) is 2.38. The van der Waals surface area contributed by atoms with Crippen LogP contribution in [-0.2, 0) is 6.54 Å². The number of hydrogen-bond donors (Lipinski definition) is 2. The highest BCUT2D eigenvalue weighted by atomic mass is 35.5. The minimum atomic E-state index is 0.240. The molecular formula is C10H9ClN6S. The Balaban J connectivity index is 1.95. The fourth-order valence-corrected chi connectivity index (χ4v) is 2.73. The molecule has 3 rings (SSSR count). The molecule has 18 heavy (non-hydrogen) atoms. The summed E-state index contributed by atoms with van der Waals surface area (Å²) in [5, 5.41) is 11.0. The molecule has 0 saturated carbocycles. The molecule has 0 fully saturated rings. The molecule has 2 N–H and O–H groups in total. The van der Waals surface area contributed by atoms with Gasteiger partial charge in [0.15, 0.2) is 0 Å². The maximum Gasteiger partial charge on any atom is 0.225 e. The topological polar surface area (TPSA) is 79.4 Å². The second-order valence-electron chi connectivity index (χ2n) is 3.70. The van der Waals surface area contributed by atoms with Crippen molar-refractivity contribution >= 4 is 39.0 Å². The van der Waals surface area contributed by atoms with Crippen LogP contribution in [0.3, 0.4) is 0 Å². The number of halogens is 1. The lowest BCUT2D eigenvalue weighted by Gasteiger charge is -2.04. The first-order valence-electron chi connectivity index (χ1n) is 5.24. The number of aromatic amines is 1. The van der Waals surface area contributed by atoms with E-state index in [-0.39, 0.29) is 5.28 Å². The van der Waals surface area contributed by atoms with Crippen LogP contribution in [0.4, 0.5) is 5.82 Å². The van der Waals surface area contributed by atoms with Crippen molar-refractivity contribution in [1.82, 2.24) is 25.1 Å². The summed E-state index contributed by atoms with van der Waals surface area (Å²) in [5.74, 6) is 1.45. The second kappa shape index (κ2) is 4.51. The van der Waals surface area contributed by atoms with Crippen molar-refractivity contribution in [2.45, 2.75) is 13.5 Å². The molecule has 0 aliphatic rings. The summed E-state index contributed by atoms with van der Waals surface area (Å²) in [6.45, 7) is 2.54. The molecule has 0 saturated heterocycles. The van der Waals surface area contributed by atoms with Gasteiger partial charge < -0.3 is 5.32 Å². The van der Waals surface area contributed by atoms with Gasteiger partial charge in [0.2, 0.25) is 5.28 Å². The molecular weight excluding hydrogens is 272 g/mol. The van der Waals surface area contributed by atoms with Crippen molar-refractivity contribution < 1.29 is 0 Å². The molecule has 92 valence electrons. The summed E-state index contributed by atoms with van der Waals surface area (Å²) in [6, 6.07) is 2.04. The third-order valence-corrected chi connectivity index (χ3v) is 3.49. The Morgan fingerprint density at radius 1 is 1.44 bits per heavy atom. The number of aryl methyl sites for hydroxylation is 1. The lowest BCUT2D eigenvalue weighted by Crippen LogP contribution is -2.04. The Morgan fingerprint density at radius 3 is 3.11 bits per heavy atom. The van der Waals surface area contributed by atoms with Crippen LogP contribution >= 0.6 is 22.9 Å². The van der Waals surface area contributed by atoms with Crippen molar-refractivity contribution in [1.29, 1.82) is 0 Å². The molecule has 0 aliphatic carbocycles. The number of thiophene rings is 1. The number of hydrogen-bond acceptors (Lipinski definition) is 6. The molecule has 8 heteroatoms. The normalized spacial score (nSPS) is 11.0. The van der Waals surface area contributed by atoms with Crippen LogP contribution < -0.4 is 5.32 Å². The van der Waals surface area contributed by atoms with E-state index < -0.39 is 0 Å². The molecule has 0 radical (unpaired) electrons. The SMILES string of the molecule is Cc1cc2c(NCc3ncn[nH]3)nc(Cl)nc2s1. The predicted molar refractivity (Wildman–Crippen MR) is 70.9 cm³/mol. The van der Waals surface area contributed by atoms with E-state index in [1.807, 2.05) is 13.0 Å². The van der Waals surface area contributed by atoms with Gasteiger partial charge in [-0.3, -0.25) is 5.10 Å². The highest BCUT2D eigenvalue weighted by Gasteiger charge is 2.09. The molecule has 0 bridgehead atoms. The molecule has 3 aromatic rings. The molecule has 6 nitrogen and oxygen atoms in total. The summed E-state index contributed by atoms with van der Waals surface area (Å²) in [6.07, 6.45) is 1.47. The zero-order valence-electron chi connectivity index (χ0n) is 9.44. The largest absolute Gasteiger partial charge is 0.362 e. The van der Waals surface area contributed by atoms with Gasteiger partial charge in [-0.25, -0.2) is 15.0 Å². The highest BCUT2D eigenvalue weighted by Crippen LogP contribution is 2.29. The van der Waals surface area contributed by atoms with Crippen molar-refractivity contribution in [2.24, 2.45) is 0 Å². The Bertz CT molecular complexity index is 677. The van der Waals surface area contributed by atoms with Crippen LogP contribution in [-0.4, -0.2) is 25.1 Å². The van der Waals surface area contributed by atoms with E-state index in [2.05, 4.69) is 30.5 Å². The molecule has 3 aromatic heterocycles. The number of H-pyrrole nitrogens is 1. The van der Waals surface area contributed by atoms with Crippen molar-refractivity contribution in [3.63, 3.8) is 0 Å². The number of aromatic nitrogens is 5. The smallest absolute Gasteiger partial charge is 0.225 e. The van der Waals surface area contributed by atoms with Gasteiger partial charge in [-0.05, 0) is 24.6 Å². The van der Waals surface area contributed by atoms with Crippen LogP contribution in [0.25, 0.3) is 10.2 Å². The molecule has 0 unspecified atom stereocenters. The Hall–Kier alpha value is -1.73. The summed E-state index contributed by atoms with van der Waals surface area (Å²) >= 11 is 7.49. The predicted octanol–water partition coefficient (Wildman–Crippen LogP) is 2.38. The van der Waals surface area contributed by atoms with Gasteiger partial charge in [-0.1, -0.05) is 0 Å². The van der Waals surface area contributed by atoms with E-state index in [1.165, 1.54) is 11.2 Å². The van der Waals surface area contributed by atoms with Gasteiger partial charge >= 0.3 is 0 Å². The number of anilines is 1.